The molecule has 3 nitrogen and oxygen atoms in total. The number of primary amides is 1. The second-order valence-electron chi connectivity index (χ2n) is 3.06. The summed E-state index contributed by atoms with van der Waals surface area (Å²) in [5.74, 6) is 0.137. The lowest BCUT2D eigenvalue weighted by Crippen LogP contribution is -2.14. The lowest BCUT2D eigenvalue weighted by molar-refractivity contribution is -0.121. The van der Waals surface area contributed by atoms with E-state index in [2.05, 4.69) is 0 Å². The fourth-order valence-corrected chi connectivity index (χ4v) is 1.51. The first-order valence-electron chi connectivity index (χ1n) is 4.01. The highest BCUT2D eigenvalue weighted by Crippen LogP contribution is 2.24. The normalized spacial score (nSPS) is 24.0. The number of Topliss-reactive ketones (excluding diaryl/α,β-unsaturated/α-hetero) is 1. The van der Waals surface area contributed by atoms with Gasteiger partial charge in [-0.05, 0) is 19.3 Å². The molecule has 0 aromatic carbocycles. The Balaban J connectivity index is 2.26. The molecule has 0 aliphatic heterocycles. The van der Waals surface area contributed by atoms with Gasteiger partial charge >= 0.3 is 0 Å². The summed E-state index contributed by atoms with van der Waals surface area (Å²) in [6.45, 7) is 0. The van der Waals surface area contributed by atoms with E-state index in [-0.39, 0.29) is 11.8 Å². The second kappa shape index (κ2) is 3.51. The first-order valence-corrected chi connectivity index (χ1v) is 4.01. The highest BCUT2D eigenvalue weighted by atomic mass is 16.1. The fraction of sp³-hybridized carbons (Fsp3) is 0.750. The number of ketones is 1. The topological polar surface area (TPSA) is 60.2 Å². The van der Waals surface area contributed by atoms with Gasteiger partial charge in [-0.3, -0.25) is 9.59 Å². The summed E-state index contributed by atoms with van der Waals surface area (Å²) in [6, 6.07) is 0. The molecule has 1 rings (SSSR count). The summed E-state index contributed by atoms with van der Waals surface area (Å²) in [4.78, 5) is 21.4. The maximum atomic E-state index is 11.0. The molecule has 1 unspecified atom stereocenters. The van der Waals surface area contributed by atoms with Crippen molar-refractivity contribution in [3.8, 4) is 0 Å². The zero-order valence-electron chi connectivity index (χ0n) is 6.51. The largest absolute Gasteiger partial charge is 0.370 e. The summed E-state index contributed by atoms with van der Waals surface area (Å²) in [7, 11) is 0. The first kappa shape index (κ1) is 8.24. The highest BCUT2D eigenvalue weighted by Gasteiger charge is 2.23. The highest BCUT2D eigenvalue weighted by molar-refractivity contribution is 5.83. The standard InChI is InChI=1S/C8H13NO2/c9-8(11)5-4-6-2-1-3-7(6)10/h6H,1-5H2,(H2,9,11). The Hall–Kier alpha value is -0.860. The van der Waals surface area contributed by atoms with Crippen molar-refractivity contribution in [2.45, 2.75) is 32.1 Å². The molecule has 0 spiro atoms. The number of hydrogen-bond donors (Lipinski definition) is 1. The monoisotopic (exact) mass is 155 g/mol. The van der Waals surface area contributed by atoms with Crippen molar-refractivity contribution in [2.75, 3.05) is 0 Å². The molecule has 0 saturated heterocycles. The number of carbonyl (C=O) groups excluding carboxylic acids is 2. The van der Waals surface area contributed by atoms with Crippen LogP contribution in [-0.4, -0.2) is 11.7 Å². The van der Waals surface area contributed by atoms with Crippen LogP contribution in [0.25, 0.3) is 0 Å². The zero-order chi connectivity index (χ0) is 8.27. The average molecular weight is 155 g/mol. The van der Waals surface area contributed by atoms with E-state index in [1.165, 1.54) is 0 Å². The van der Waals surface area contributed by atoms with Crippen molar-refractivity contribution < 1.29 is 9.59 Å². The lowest BCUT2D eigenvalue weighted by atomic mass is 10.0. The molecule has 0 heterocycles. The van der Waals surface area contributed by atoms with E-state index in [1.807, 2.05) is 0 Å². The lowest BCUT2D eigenvalue weighted by Gasteiger charge is -2.03. The van der Waals surface area contributed by atoms with Gasteiger partial charge in [-0.15, -0.1) is 0 Å². The minimum absolute atomic E-state index is 0.127. The van der Waals surface area contributed by atoms with Gasteiger partial charge in [0.2, 0.25) is 5.91 Å². The average Bonchev–Trinajstić information content (AvgIpc) is 2.31. The maximum Gasteiger partial charge on any atom is 0.217 e. The Kier molecular flexibility index (Phi) is 2.63. The molecule has 1 aliphatic rings. The molecule has 1 saturated carbocycles. The summed E-state index contributed by atoms with van der Waals surface area (Å²) < 4.78 is 0. The van der Waals surface area contributed by atoms with E-state index in [1.54, 1.807) is 0 Å². The quantitative estimate of drug-likeness (QED) is 0.649. The molecule has 0 bridgehead atoms. The number of hydrogen-bond acceptors (Lipinski definition) is 2. The smallest absolute Gasteiger partial charge is 0.217 e. The molecule has 3 heteroatoms. The molecule has 11 heavy (non-hydrogen) atoms. The molecular formula is C8H13NO2. The molecule has 62 valence electrons. The van der Waals surface area contributed by atoms with E-state index in [0.29, 0.717) is 25.0 Å². The van der Waals surface area contributed by atoms with Gasteiger partial charge in [0.15, 0.2) is 0 Å². The number of amides is 1. The van der Waals surface area contributed by atoms with Gasteiger partial charge in [0.1, 0.15) is 5.78 Å². The van der Waals surface area contributed by atoms with Gasteiger partial charge < -0.3 is 5.73 Å². The predicted molar refractivity (Wildman–Crippen MR) is 40.8 cm³/mol. The molecule has 1 atom stereocenters. The number of carbonyl (C=O) groups is 2. The van der Waals surface area contributed by atoms with Crippen LogP contribution in [0.5, 0.6) is 0 Å². The van der Waals surface area contributed by atoms with Crippen LogP contribution in [0.4, 0.5) is 0 Å². The SMILES string of the molecule is NC(=O)CCC1CCCC1=O. The van der Waals surface area contributed by atoms with Crippen LogP contribution in [0.1, 0.15) is 32.1 Å². The van der Waals surface area contributed by atoms with Crippen LogP contribution in [0.3, 0.4) is 0 Å². The maximum absolute atomic E-state index is 11.0. The van der Waals surface area contributed by atoms with Gasteiger partial charge in [0.05, 0.1) is 0 Å². The molecule has 2 N–H and O–H groups in total. The molecule has 1 fully saturated rings. The molecule has 1 aliphatic carbocycles. The summed E-state index contributed by atoms with van der Waals surface area (Å²) >= 11 is 0. The Bertz CT molecular complexity index is 177. The first-order chi connectivity index (χ1) is 5.20. The Labute approximate surface area is 66.0 Å². The van der Waals surface area contributed by atoms with Gasteiger partial charge in [0.25, 0.3) is 0 Å². The van der Waals surface area contributed by atoms with Crippen molar-refractivity contribution >= 4 is 11.7 Å². The van der Waals surface area contributed by atoms with E-state index < -0.39 is 0 Å². The number of rotatable bonds is 3. The van der Waals surface area contributed by atoms with Crippen molar-refractivity contribution in [3.63, 3.8) is 0 Å². The minimum atomic E-state index is -0.301. The van der Waals surface area contributed by atoms with Crippen molar-refractivity contribution in [3.05, 3.63) is 0 Å². The van der Waals surface area contributed by atoms with Crippen LogP contribution in [0, 0.1) is 5.92 Å². The van der Waals surface area contributed by atoms with Crippen molar-refractivity contribution in [1.29, 1.82) is 0 Å². The Morgan fingerprint density at radius 1 is 1.64 bits per heavy atom. The molecule has 0 radical (unpaired) electrons. The van der Waals surface area contributed by atoms with E-state index in [0.717, 1.165) is 12.8 Å². The van der Waals surface area contributed by atoms with Crippen LogP contribution >= 0.6 is 0 Å². The van der Waals surface area contributed by atoms with Crippen LogP contribution < -0.4 is 5.73 Å². The third-order valence-corrected chi connectivity index (χ3v) is 2.17. The Morgan fingerprint density at radius 3 is 2.82 bits per heavy atom. The predicted octanol–water partition coefficient (Wildman–Crippen LogP) is 0.621. The van der Waals surface area contributed by atoms with E-state index >= 15 is 0 Å². The van der Waals surface area contributed by atoms with Gasteiger partial charge in [0, 0.05) is 18.8 Å². The third kappa shape index (κ3) is 2.33. The number of nitrogens with two attached hydrogens (primary N) is 1. The van der Waals surface area contributed by atoms with Crippen LogP contribution in [0.15, 0.2) is 0 Å². The zero-order valence-corrected chi connectivity index (χ0v) is 6.51. The van der Waals surface area contributed by atoms with Gasteiger partial charge in [-0.1, -0.05) is 0 Å². The summed E-state index contributed by atoms with van der Waals surface area (Å²) in [5.41, 5.74) is 4.97. The van der Waals surface area contributed by atoms with Crippen LogP contribution in [-0.2, 0) is 9.59 Å². The minimum Gasteiger partial charge on any atom is -0.370 e. The molecule has 1 amide bonds. The molecular weight excluding hydrogens is 142 g/mol. The molecule has 0 aromatic heterocycles. The summed E-state index contributed by atoms with van der Waals surface area (Å²) in [5, 5.41) is 0. The van der Waals surface area contributed by atoms with Crippen molar-refractivity contribution in [2.24, 2.45) is 11.7 Å². The summed E-state index contributed by atoms with van der Waals surface area (Å²) in [6.07, 6.45) is 3.66. The van der Waals surface area contributed by atoms with Crippen molar-refractivity contribution in [1.82, 2.24) is 0 Å². The second-order valence-corrected chi connectivity index (χ2v) is 3.06. The van der Waals surface area contributed by atoms with E-state index in [4.69, 9.17) is 5.73 Å². The third-order valence-electron chi connectivity index (χ3n) is 2.17. The Morgan fingerprint density at radius 2 is 2.36 bits per heavy atom. The van der Waals surface area contributed by atoms with Crippen LogP contribution in [0.2, 0.25) is 0 Å². The fourth-order valence-electron chi connectivity index (χ4n) is 1.51. The molecule has 0 aromatic rings. The van der Waals surface area contributed by atoms with E-state index in [9.17, 15) is 9.59 Å². The van der Waals surface area contributed by atoms with Gasteiger partial charge in [-0.25, -0.2) is 0 Å². The van der Waals surface area contributed by atoms with Gasteiger partial charge in [-0.2, -0.15) is 0 Å².